The molecule has 0 unspecified atom stereocenters. The average Bonchev–Trinajstić information content (AvgIpc) is 2.43. The van der Waals surface area contributed by atoms with Gasteiger partial charge in [-0.1, -0.05) is 39.5 Å². The van der Waals surface area contributed by atoms with E-state index in [1.165, 1.54) is 0 Å². The fourth-order valence-corrected chi connectivity index (χ4v) is 2.02. The van der Waals surface area contributed by atoms with Crippen molar-refractivity contribution in [2.45, 2.75) is 27.7 Å². The van der Waals surface area contributed by atoms with Crippen LogP contribution in [0.25, 0.3) is 0 Å². The first kappa shape index (κ1) is 17.2. The normalized spacial score (nSPS) is 10.4. The Kier molecular flexibility index (Phi) is 6.90. The standard InChI is InChI=1S/C17H24N2O2/c1-13(2)11-19(12-14(3)4)17(21)16-8-7-15(10-18-16)6-5-9-20/h7-8,10,13-14,20H,9,11-12H2,1-4H3. The lowest BCUT2D eigenvalue weighted by Crippen LogP contribution is -2.37. The van der Waals surface area contributed by atoms with Crippen molar-refractivity contribution < 1.29 is 9.90 Å². The number of hydrogen-bond acceptors (Lipinski definition) is 3. The van der Waals surface area contributed by atoms with E-state index in [1.807, 2.05) is 4.90 Å². The lowest BCUT2D eigenvalue weighted by molar-refractivity contribution is 0.0709. The number of nitrogens with zero attached hydrogens (tertiary/aromatic N) is 2. The highest BCUT2D eigenvalue weighted by molar-refractivity contribution is 5.92. The molecule has 0 spiro atoms. The van der Waals surface area contributed by atoms with Gasteiger partial charge in [-0.2, -0.15) is 0 Å². The number of hydrogen-bond donors (Lipinski definition) is 1. The molecule has 0 atom stereocenters. The summed E-state index contributed by atoms with van der Waals surface area (Å²) in [5.41, 5.74) is 1.13. The Morgan fingerprint density at radius 3 is 2.29 bits per heavy atom. The molecular formula is C17H24N2O2. The van der Waals surface area contributed by atoms with E-state index in [2.05, 4.69) is 44.5 Å². The Morgan fingerprint density at radius 1 is 1.24 bits per heavy atom. The third-order valence-electron chi connectivity index (χ3n) is 2.75. The number of carbonyl (C=O) groups is 1. The van der Waals surface area contributed by atoms with E-state index >= 15 is 0 Å². The van der Waals surface area contributed by atoms with E-state index in [1.54, 1.807) is 18.3 Å². The molecule has 1 rings (SSSR count). The van der Waals surface area contributed by atoms with E-state index in [4.69, 9.17) is 5.11 Å². The topological polar surface area (TPSA) is 53.4 Å². The highest BCUT2D eigenvalue weighted by Gasteiger charge is 2.18. The van der Waals surface area contributed by atoms with Gasteiger partial charge in [-0.15, -0.1) is 0 Å². The Balaban J connectivity index is 2.87. The summed E-state index contributed by atoms with van der Waals surface area (Å²) in [5, 5.41) is 8.66. The first-order chi connectivity index (χ1) is 9.93. The van der Waals surface area contributed by atoms with E-state index in [-0.39, 0.29) is 12.5 Å². The van der Waals surface area contributed by atoms with Crippen molar-refractivity contribution in [2.24, 2.45) is 11.8 Å². The summed E-state index contributed by atoms with van der Waals surface area (Å²) < 4.78 is 0. The number of rotatable bonds is 5. The minimum Gasteiger partial charge on any atom is -0.384 e. The molecule has 21 heavy (non-hydrogen) atoms. The van der Waals surface area contributed by atoms with Gasteiger partial charge in [0.2, 0.25) is 0 Å². The molecule has 1 heterocycles. The van der Waals surface area contributed by atoms with Crippen LogP contribution < -0.4 is 0 Å². The summed E-state index contributed by atoms with van der Waals surface area (Å²) >= 11 is 0. The predicted molar refractivity (Wildman–Crippen MR) is 83.8 cm³/mol. The summed E-state index contributed by atoms with van der Waals surface area (Å²) in [6.45, 7) is 9.67. The highest BCUT2D eigenvalue weighted by Crippen LogP contribution is 2.09. The maximum atomic E-state index is 12.5. The minimum atomic E-state index is -0.183. The Bertz CT molecular complexity index is 500. The second-order valence-corrected chi connectivity index (χ2v) is 5.89. The largest absolute Gasteiger partial charge is 0.384 e. The monoisotopic (exact) mass is 288 g/mol. The molecule has 4 nitrogen and oxygen atoms in total. The predicted octanol–water partition coefficient (Wildman–Crippen LogP) is 2.18. The van der Waals surface area contributed by atoms with Crippen molar-refractivity contribution in [3.63, 3.8) is 0 Å². The van der Waals surface area contributed by atoms with Gasteiger partial charge in [-0.25, -0.2) is 4.98 Å². The maximum Gasteiger partial charge on any atom is 0.272 e. The molecular weight excluding hydrogens is 264 g/mol. The molecule has 0 aliphatic heterocycles. The molecule has 1 amide bonds. The van der Waals surface area contributed by atoms with Crippen LogP contribution in [0.1, 0.15) is 43.7 Å². The number of aliphatic hydroxyl groups is 1. The van der Waals surface area contributed by atoms with Crippen molar-refractivity contribution in [1.29, 1.82) is 0 Å². The summed E-state index contributed by atoms with van der Waals surface area (Å²) in [7, 11) is 0. The number of amides is 1. The SMILES string of the molecule is CC(C)CN(CC(C)C)C(=O)c1ccc(C#CCO)cn1. The molecule has 0 saturated heterocycles. The van der Waals surface area contributed by atoms with Gasteiger partial charge in [-0.05, 0) is 24.0 Å². The zero-order chi connectivity index (χ0) is 15.8. The van der Waals surface area contributed by atoms with Crippen LogP contribution in [-0.2, 0) is 0 Å². The van der Waals surface area contributed by atoms with Crippen molar-refractivity contribution in [3.05, 3.63) is 29.6 Å². The zero-order valence-electron chi connectivity index (χ0n) is 13.3. The Hall–Kier alpha value is -1.86. The molecule has 0 aliphatic rings. The first-order valence-corrected chi connectivity index (χ1v) is 7.29. The van der Waals surface area contributed by atoms with Gasteiger partial charge in [0.25, 0.3) is 5.91 Å². The Morgan fingerprint density at radius 2 is 1.86 bits per heavy atom. The molecule has 1 N–H and O–H groups in total. The van der Waals surface area contributed by atoms with Gasteiger partial charge in [0.1, 0.15) is 12.3 Å². The van der Waals surface area contributed by atoms with Crippen LogP contribution in [0, 0.1) is 23.7 Å². The molecule has 0 aromatic carbocycles. The molecule has 1 aromatic heterocycles. The molecule has 1 aromatic rings. The van der Waals surface area contributed by atoms with Crippen LogP contribution in [0.2, 0.25) is 0 Å². The fourth-order valence-electron chi connectivity index (χ4n) is 2.02. The molecule has 0 saturated carbocycles. The smallest absolute Gasteiger partial charge is 0.272 e. The summed E-state index contributed by atoms with van der Waals surface area (Å²) in [4.78, 5) is 18.6. The van der Waals surface area contributed by atoms with Crippen LogP contribution in [0.5, 0.6) is 0 Å². The third-order valence-corrected chi connectivity index (χ3v) is 2.75. The van der Waals surface area contributed by atoms with Gasteiger partial charge in [0.15, 0.2) is 0 Å². The lowest BCUT2D eigenvalue weighted by atomic mass is 10.1. The summed E-state index contributed by atoms with van der Waals surface area (Å²) in [6, 6.07) is 3.45. The quantitative estimate of drug-likeness (QED) is 0.845. The van der Waals surface area contributed by atoms with Crippen molar-refractivity contribution in [1.82, 2.24) is 9.88 Å². The van der Waals surface area contributed by atoms with Crippen LogP contribution in [0.3, 0.4) is 0 Å². The number of carbonyl (C=O) groups excluding carboxylic acids is 1. The highest BCUT2D eigenvalue weighted by atomic mass is 16.2. The minimum absolute atomic E-state index is 0.0425. The Labute approximate surface area is 127 Å². The van der Waals surface area contributed by atoms with Crippen LogP contribution >= 0.6 is 0 Å². The van der Waals surface area contributed by atoms with E-state index in [0.717, 1.165) is 13.1 Å². The van der Waals surface area contributed by atoms with E-state index in [9.17, 15) is 4.79 Å². The van der Waals surface area contributed by atoms with Crippen LogP contribution in [-0.4, -0.2) is 40.6 Å². The van der Waals surface area contributed by atoms with Gasteiger partial charge in [0, 0.05) is 24.8 Å². The van der Waals surface area contributed by atoms with E-state index in [0.29, 0.717) is 23.1 Å². The maximum absolute atomic E-state index is 12.5. The number of aromatic nitrogens is 1. The van der Waals surface area contributed by atoms with Gasteiger partial charge in [-0.3, -0.25) is 4.79 Å². The van der Waals surface area contributed by atoms with Crippen LogP contribution in [0.4, 0.5) is 0 Å². The van der Waals surface area contributed by atoms with Gasteiger partial charge in [0.05, 0.1) is 0 Å². The third kappa shape index (κ3) is 5.97. The molecule has 114 valence electrons. The molecule has 0 bridgehead atoms. The van der Waals surface area contributed by atoms with E-state index < -0.39 is 0 Å². The second kappa shape index (κ2) is 8.43. The van der Waals surface area contributed by atoms with Crippen molar-refractivity contribution >= 4 is 5.91 Å². The molecule has 0 aliphatic carbocycles. The van der Waals surface area contributed by atoms with Crippen molar-refractivity contribution in [3.8, 4) is 11.8 Å². The average molecular weight is 288 g/mol. The number of pyridine rings is 1. The molecule has 0 radical (unpaired) electrons. The molecule has 0 fully saturated rings. The number of aliphatic hydroxyl groups excluding tert-OH is 1. The first-order valence-electron chi connectivity index (χ1n) is 7.29. The summed E-state index contributed by atoms with van der Waals surface area (Å²) in [5.74, 6) is 6.12. The molecule has 4 heteroatoms. The van der Waals surface area contributed by atoms with Gasteiger partial charge >= 0.3 is 0 Å². The van der Waals surface area contributed by atoms with Gasteiger partial charge < -0.3 is 10.0 Å². The second-order valence-electron chi connectivity index (χ2n) is 5.89. The van der Waals surface area contributed by atoms with Crippen LogP contribution in [0.15, 0.2) is 18.3 Å². The summed E-state index contributed by atoms with van der Waals surface area (Å²) in [6.07, 6.45) is 1.57. The fraction of sp³-hybridized carbons (Fsp3) is 0.529. The lowest BCUT2D eigenvalue weighted by Gasteiger charge is -2.26. The van der Waals surface area contributed by atoms with Crippen molar-refractivity contribution in [2.75, 3.05) is 19.7 Å². The zero-order valence-corrected chi connectivity index (χ0v) is 13.3.